The van der Waals surface area contributed by atoms with E-state index < -0.39 is 34.6 Å². The van der Waals surface area contributed by atoms with Gasteiger partial charge >= 0.3 is 17.9 Å². The first-order valence-corrected chi connectivity index (χ1v) is 15.6. The topological polar surface area (TPSA) is 159 Å². The number of thiophene rings is 1. The van der Waals surface area contributed by atoms with Gasteiger partial charge in [-0.25, -0.2) is 14.4 Å². The summed E-state index contributed by atoms with van der Waals surface area (Å²) < 4.78 is 5.06. The number of fused-ring (bicyclic) bond motifs is 1. The van der Waals surface area contributed by atoms with Crippen molar-refractivity contribution in [3.05, 3.63) is 75.2 Å². The zero-order valence-electron chi connectivity index (χ0n) is 25.0. The molecule has 0 radical (unpaired) electrons. The Labute approximate surface area is 263 Å². The van der Waals surface area contributed by atoms with Crippen LogP contribution in [0.15, 0.2) is 47.4 Å². The molecule has 1 aliphatic rings. The quantitative estimate of drug-likeness (QED) is 0.153. The van der Waals surface area contributed by atoms with Gasteiger partial charge in [-0.3, -0.25) is 9.59 Å². The maximum atomic E-state index is 13.3. The third kappa shape index (κ3) is 7.31. The number of amides is 2. The number of rotatable bonds is 9. The molecule has 1 heterocycles. The van der Waals surface area contributed by atoms with Gasteiger partial charge in [0.05, 0.1) is 34.6 Å². The Morgan fingerprint density at radius 3 is 2.36 bits per heavy atom. The molecule has 44 heavy (non-hydrogen) atoms. The highest BCUT2D eigenvalue weighted by Crippen LogP contribution is 2.44. The lowest BCUT2D eigenvalue weighted by Gasteiger charge is -2.33. The van der Waals surface area contributed by atoms with E-state index in [1.807, 2.05) is 0 Å². The van der Waals surface area contributed by atoms with Crippen molar-refractivity contribution in [3.8, 4) is 0 Å². The predicted octanol–water partition coefficient (Wildman–Crippen LogP) is 6.45. The van der Waals surface area contributed by atoms with Gasteiger partial charge in [0.25, 0.3) is 5.91 Å². The van der Waals surface area contributed by atoms with Crippen molar-refractivity contribution in [3.63, 3.8) is 0 Å². The minimum atomic E-state index is -1.43. The number of methoxy groups -OCH3 is 1. The van der Waals surface area contributed by atoms with Crippen LogP contribution in [-0.4, -0.2) is 52.3 Å². The molecule has 12 heteroatoms. The van der Waals surface area contributed by atoms with Crippen LogP contribution >= 0.6 is 23.1 Å². The highest BCUT2D eigenvalue weighted by Gasteiger charge is 2.34. The molecule has 10 nitrogen and oxygen atoms in total. The third-order valence-corrected chi connectivity index (χ3v) is 9.90. The monoisotopic (exact) mass is 638 g/mol. The van der Waals surface area contributed by atoms with E-state index in [1.54, 1.807) is 31.2 Å². The van der Waals surface area contributed by atoms with Crippen LogP contribution in [0.3, 0.4) is 0 Å². The fourth-order valence-electron chi connectivity index (χ4n) is 5.10. The van der Waals surface area contributed by atoms with Gasteiger partial charge in [0.1, 0.15) is 5.00 Å². The molecule has 0 saturated carbocycles. The fourth-order valence-corrected chi connectivity index (χ4v) is 7.34. The predicted molar refractivity (Wildman–Crippen MR) is 169 cm³/mol. The molecular formula is C32H34N2O8S2. The second-order valence-electron chi connectivity index (χ2n) is 11.6. The van der Waals surface area contributed by atoms with Crippen LogP contribution in [0.5, 0.6) is 0 Å². The Kier molecular flexibility index (Phi) is 9.85. The minimum absolute atomic E-state index is 0.124. The lowest BCUT2D eigenvalue weighted by Crippen LogP contribution is -2.26. The Morgan fingerprint density at radius 2 is 1.73 bits per heavy atom. The molecule has 0 fully saturated rings. The van der Waals surface area contributed by atoms with E-state index in [9.17, 15) is 29.1 Å². The number of carboxylic acids is 2. The minimum Gasteiger partial charge on any atom is -0.478 e. The summed E-state index contributed by atoms with van der Waals surface area (Å²) in [6.45, 7) is 8.37. The Morgan fingerprint density at radius 1 is 1.00 bits per heavy atom. The normalized spacial score (nSPS) is 15.1. The molecule has 2 amide bonds. The zero-order chi connectivity index (χ0) is 32.3. The van der Waals surface area contributed by atoms with Gasteiger partial charge in [0, 0.05) is 15.5 Å². The number of hydrogen-bond acceptors (Lipinski definition) is 8. The standard InChI is InChI=1S/C32H34N2O8S2/c1-16(26(35)34-28-25(31(41)42-5)22-12-10-18(32(2,3)4)14-24(22)44-28)43-20-8-6-7-19(15-20)33-27(36)21-11-9-17(29(37)38)13-23(21)30(39)40/h6-9,11,13,15-16,18H,10,12,14H2,1-5H3,(H,33,36)(H,34,35)(H,37,38)(H,39,40). The highest BCUT2D eigenvalue weighted by atomic mass is 32.2. The number of thioether (sulfide) groups is 1. The number of benzene rings is 2. The summed E-state index contributed by atoms with van der Waals surface area (Å²) in [7, 11) is 1.33. The van der Waals surface area contributed by atoms with Gasteiger partial charge in [0.15, 0.2) is 0 Å². The van der Waals surface area contributed by atoms with E-state index in [2.05, 4.69) is 31.4 Å². The summed E-state index contributed by atoms with van der Waals surface area (Å²) >= 11 is 2.67. The Balaban J connectivity index is 1.48. The molecule has 2 unspecified atom stereocenters. The third-order valence-electron chi connectivity index (χ3n) is 7.63. The van der Waals surface area contributed by atoms with E-state index in [4.69, 9.17) is 9.84 Å². The maximum Gasteiger partial charge on any atom is 0.341 e. The smallest absolute Gasteiger partial charge is 0.341 e. The molecular weight excluding hydrogens is 604 g/mol. The lowest BCUT2D eigenvalue weighted by molar-refractivity contribution is -0.115. The van der Waals surface area contributed by atoms with Crippen LogP contribution in [-0.2, 0) is 22.4 Å². The maximum absolute atomic E-state index is 13.3. The van der Waals surface area contributed by atoms with Crippen molar-refractivity contribution in [2.75, 3.05) is 17.7 Å². The van der Waals surface area contributed by atoms with Crippen molar-refractivity contribution >= 4 is 63.5 Å². The molecule has 0 spiro atoms. The number of hydrogen-bond donors (Lipinski definition) is 4. The van der Waals surface area contributed by atoms with Gasteiger partial charge in [0.2, 0.25) is 5.91 Å². The summed E-state index contributed by atoms with van der Waals surface area (Å²) in [6, 6.07) is 9.96. The number of carboxylic acid groups (broad SMARTS) is 2. The van der Waals surface area contributed by atoms with Gasteiger partial charge < -0.3 is 25.6 Å². The lowest BCUT2D eigenvalue weighted by atomic mass is 9.72. The number of ether oxygens (including phenoxy) is 1. The summed E-state index contributed by atoms with van der Waals surface area (Å²) in [5, 5.41) is 24.2. The van der Waals surface area contributed by atoms with Gasteiger partial charge in [-0.1, -0.05) is 26.8 Å². The van der Waals surface area contributed by atoms with Gasteiger partial charge in [-0.2, -0.15) is 0 Å². The summed E-state index contributed by atoms with van der Waals surface area (Å²) in [5.41, 5.74) is 0.978. The number of aromatic carboxylic acids is 2. The van der Waals surface area contributed by atoms with Crippen LogP contribution in [0.2, 0.25) is 0 Å². The van der Waals surface area contributed by atoms with E-state index in [1.165, 1.54) is 30.2 Å². The van der Waals surface area contributed by atoms with Crippen LogP contribution < -0.4 is 10.6 Å². The average Bonchev–Trinajstić information content (AvgIpc) is 3.33. The van der Waals surface area contributed by atoms with Crippen molar-refractivity contribution in [2.24, 2.45) is 11.3 Å². The van der Waals surface area contributed by atoms with Crippen molar-refractivity contribution in [1.82, 2.24) is 0 Å². The Bertz CT molecular complexity index is 1640. The Hall–Kier alpha value is -4.16. The molecule has 0 saturated heterocycles. The second-order valence-corrected chi connectivity index (χ2v) is 14.1. The summed E-state index contributed by atoms with van der Waals surface area (Å²) in [5.74, 6) is -3.78. The molecule has 232 valence electrons. The molecule has 0 aliphatic heterocycles. The largest absolute Gasteiger partial charge is 0.478 e. The molecule has 3 aromatic rings. The summed E-state index contributed by atoms with van der Waals surface area (Å²) in [6.07, 6.45) is 2.54. The van der Waals surface area contributed by atoms with Crippen LogP contribution in [0.1, 0.15) is 86.0 Å². The molecule has 4 N–H and O–H groups in total. The first kappa shape index (κ1) is 32.7. The number of nitrogens with one attached hydrogen (secondary N) is 2. The van der Waals surface area contributed by atoms with Crippen molar-refractivity contribution in [2.45, 2.75) is 57.1 Å². The van der Waals surface area contributed by atoms with Crippen LogP contribution in [0.25, 0.3) is 0 Å². The van der Waals surface area contributed by atoms with E-state index in [-0.39, 0.29) is 22.4 Å². The average molecular weight is 639 g/mol. The van der Waals surface area contributed by atoms with Crippen LogP contribution in [0, 0.1) is 11.3 Å². The molecule has 1 aromatic heterocycles. The molecule has 1 aliphatic carbocycles. The van der Waals surface area contributed by atoms with Crippen molar-refractivity contribution in [1.29, 1.82) is 0 Å². The van der Waals surface area contributed by atoms with Gasteiger partial charge in [-0.15, -0.1) is 23.1 Å². The molecule has 2 atom stereocenters. The number of carbonyl (C=O) groups excluding carboxylic acids is 3. The van der Waals surface area contributed by atoms with Crippen molar-refractivity contribution < 1.29 is 38.9 Å². The number of carbonyl (C=O) groups is 5. The van der Waals surface area contributed by atoms with E-state index in [0.717, 1.165) is 47.9 Å². The van der Waals surface area contributed by atoms with E-state index >= 15 is 0 Å². The fraction of sp³-hybridized carbons (Fsp3) is 0.344. The molecule has 4 rings (SSSR count). The van der Waals surface area contributed by atoms with Gasteiger partial charge in [-0.05, 0) is 79.5 Å². The molecule has 2 aromatic carbocycles. The zero-order valence-corrected chi connectivity index (χ0v) is 26.6. The first-order valence-electron chi connectivity index (χ1n) is 13.9. The number of esters is 1. The summed E-state index contributed by atoms with van der Waals surface area (Å²) in [4.78, 5) is 63.6. The van der Waals surface area contributed by atoms with Crippen LogP contribution in [0.4, 0.5) is 10.7 Å². The number of anilines is 2. The highest BCUT2D eigenvalue weighted by molar-refractivity contribution is 8.00. The first-order chi connectivity index (χ1) is 20.7. The van der Waals surface area contributed by atoms with E-state index in [0.29, 0.717) is 27.1 Å². The second kappa shape index (κ2) is 13.2. The SMILES string of the molecule is COC(=O)c1c(NC(=O)C(C)Sc2cccc(NC(=O)c3ccc(C(=O)O)cc3C(=O)O)c2)sc2c1CCC(C(C)(C)C)C2. The molecule has 0 bridgehead atoms.